The van der Waals surface area contributed by atoms with Crippen LogP contribution in [0.15, 0.2) is 24.4 Å². The summed E-state index contributed by atoms with van der Waals surface area (Å²) in [7, 11) is 1.28. The first-order valence-electron chi connectivity index (χ1n) is 5.33. The lowest BCUT2D eigenvalue weighted by molar-refractivity contribution is 0.0600. The number of halogens is 4. The van der Waals surface area contributed by atoms with Gasteiger partial charge >= 0.3 is 5.97 Å². The molecule has 0 saturated heterocycles. The van der Waals surface area contributed by atoms with Gasteiger partial charge in [0.15, 0.2) is 0 Å². The summed E-state index contributed by atoms with van der Waals surface area (Å²) >= 11 is 24.1. The largest absolute Gasteiger partial charge is 0.465 e. The van der Waals surface area contributed by atoms with Crippen LogP contribution in [0.3, 0.4) is 0 Å². The molecule has 0 N–H and O–H groups in total. The van der Waals surface area contributed by atoms with Crippen LogP contribution in [0.25, 0.3) is 11.3 Å². The molecule has 0 aliphatic heterocycles. The van der Waals surface area contributed by atoms with E-state index in [1.807, 2.05) is 0 Å². The molecule has 1 heterocycles. The molecule has 1 aromatic heterocycles. The molecule has 0 aliphatic rings. The smallest absolute Gasteiger partial charge is 0.339 e. The van der Waals surface area contributed by atoms with Gasteiger partial charge in [-0.05, 0) is 18.2 Å². The summed E-state index contributed by atoms with van der Waals surface area (Å²) in [6.45, 7) is 0. The molecule has 0 bridgehead atoms. The number of methoxy groups -OCH3 is 1. The van der Waals surface area contributed by atoms with Crippen molar-refractivity contribution in [3.63, 3.8) is 0 Å². The second-order valence-corrected chi connectivity index (χ2v) is 5.34. The summed E-state index contributed by atoms with van der Waals surface area (Å²) in [6, 6.07) is 4.70. The normalized spacial score (nSPS) is 10.4. The van der Waals surface area contributed by atoms with Gasteiger partial charge in [0.2, 0.25) is 0 Å². The second-order valence-electron chi connectivity index (χ2n) is 3.77. The maximum atomic E-state index is 11.4. The highest BCUT2D eigenvalue weighted by Crippen LogP contribution is 2.39. The number of benzene rings is 1. The van der Waals surface area contributed by atoms with Gasteiger partial charge in [-0.25, -0.2) is 4.79 Å². The molecule has 0 unspecified atom stereocenters. The lowest BCUT2D eigenvalue weighted by Gasteiger charge is -2.09. The average molecular weight is 351 g/mol. The van der Waals surface area contributed by atoms with Crippen molar-refractivity contribution in [3.05, 3.63) is 50.0 Å². The Morgan fingerprint density at radius 3 is 2.40 bits per heavy atom. The summed E-state index contributed by atoms with van der Waals surface area (Å²) in [4.78, 5) is 15.5. The number of carbonyl (C=O) groups is 1. The molecule has 3 nitrogen and oxygen atoms in total. The van der Waals surface area contributed by atoms with Crippen LogP contribution >= 0.6 is 46.4 Å². The van der Waals surface area contributed by atoms with Crippen molar-refractivity contribution in [1.29, 1.82) is 0 Å². The summed E-state index contributed by atoms with van der Waals surface area (Å²) in [5.41, 5.74) is 1.18. The van der Waals surface area contributed by atoms with Crippen LogP contribution in [-0.2, 0) is 4.74 Å². The van der Waals surface area contributed by atoms with Gasteiger partial charge in [0, 0.05) is 11.8 Å². The number of esters is 1. The Morgan fingerprint density at radius 2 is 1.80 bits per heavy atom. The number of pyridine rings is 1. The van der Waals surface area contributed by atoms with Crippen LogP contribution in [-0.4, -0.2) is 18.1 Å². The zero-order chi connectivity index (χ0) is 14.9. The molecule has 0 amide bonds. The maximum absolute atomic E-state index is 11.4. The van der Waals surface area contributed by atoms with Crippen LogP contribution < -0.4 is 0 Å². The van der Waals surface area contributed by atoms with Gasteiger partial charge in [-0.3, -0.25) is 4.98 Å². The number of hydrogen-bond acceptors (Lipinski definition) is 3. The van der Waals surface area contributed by atoms with Gasteiger partial charge in [0.25, 0.3) is 0 Å². The molecule has 104 valence electrons. The van der Waals surface area contributed by atoms with Gasteiger partial charge in [-0.2, -0.15) is 0 Å². The van der Waals surface area contributed by atoms with E-state index in [1.54, 1.807) is 12.1 Å². The van der Waals surface area contributed by atoms with Crippen molar-refractivity contribution in [3.8, 4) is 11.3 Å². The van der Waals surface area contributed by atoms with E-state index in [2.05, 4.69) is 9.72 Å². The molecule has 0 fully saturated rings. The Bertz CT molecular complexity index is 688. The molecule has 7 heteroatoms. The lowest BCUT2D eigenvalue weighted by Crippen LogP contribution is -2.02. The van der Waals surface area contributed by atoms with Crippen molar-refractivity contribution >= 4 is 52.4 Å². The number of aromatic nitrogens is 1. The molecular formula is C13H7Cl4NO2. The fourth-order valence-corrected chi connectivity index (χ4v) is 2.47. The number of carbonyl (C=O) groups excluding carboxylic acids is 1. The molecule has 0 radical (unpaired) electrons. The first-order valence-corrected chi connectivity index (χ1v) is 6.84. The zero-order valence-corrected chi connectivity index (χ0v) is 13.1. The Kier molecular flexibility index (Phi) is 4.76. The predicted octanol–water partition coefficient (Wildman–Crippen LogP) is 5.15. The average Bonchev–Trinajstić information content (AvgIpc) is 2.45. The van der Waals surface area contributed by atoms with Crippen LogP contribution in [0.4, 0.5) is 0 Å². The molecule has 0 atom stereocenters. The van der Waals surface area contributed by atoms with E-state index >= 15 is 0 Å². The minimum Gasteiger partial charge on any atom is -0.465 e. The maximum Gasteiger partial charge on any atom is 0.339 e. The third-order valence-corrected chi connectivity index (χ3v) is 4.13. The van der Waals surface area contributed by atoms with Crippen molar-refractivity contribution in [1.82, 2.24) is 4.98 Å². The molecule has 2 aromatic rings. The number of ether oxygens (including phenoxy) is 1. The van der Waals surface area contributed by atoms with Gasteiger partial charge in [-0.15, -0.1) is 0 Å². The van der Waals surface area contributed by atoms with Crippen LogP contribution in [0.5, 0.6) is 0 Å². The van der Waals surface area contributed by atoms with Crippen molar-refractivity contribution < 1.29 is 9.53 Å². The highest BCUT2D eigenvalue weighted by atomic mass is 35.5. The van der Waals surface area contributed by atoms with Crippen molar-refractivity contribution in [2.24, 2.45) is 0 Å². The Balaban J connectivity index is 2.55. The molecule has 0 spiro atoms. The summed E-state index contributed by atoms with van der Waals surface area (Å²) in [5, 5.41) is 1.07. The first-order chi connectivity index (χ1) is 9.45. The fourth-order valence-electron chi connectivity index (χ4n) is 1.57. The van der Waals surface area contributed by atoms with Crippen molar-refractivity contribution in [2.45, 2.75) is 0 Å². The van der Waals surface area contributed by atoms with Gasteiger partial charge in [0.05, 0.1) is 38.5 Å². The Labute approximate surface area is 135 Å². The van der Waals surface area contributed by atoms with Crippen LogP contribution in [0.2, 0.25) is 20.1 Å². The Morgan fingerprint density at radius 1 is 1.10 bits per heavy atom. The minimum atomic E-state index is -0.522. The van der Waals surface area contributed by atoms with E-state index in [9.17, 15) is 4.79 Å². The third kappa shape index (κ3) is 2.86. The van der Waals surface area contributed by atoms with E-state index < -0.39 is 5.97 Å². The first kappa shape index (κ1) is 15.4. The molecule has 20 heavy (non-hydrogen) atoms. The standard InChI is InChI=1S/C13H7Cl4NO2/c1-20-13(19)6-4-9(15)12(18-5-6)7-2-3-8(14)11(17)10(7)16/h2-5H,1H3. The van der Waals surface area contributed by atoms with E-state index in [-0.39, 0.29) is 20.6 Å². The molecule has 2 rings (SSSR count). The predicted molar refractivity (Wildman–Crippen MR) is 81.1 cm³/mol. The quantitative estimate of drug-likeness (QED) is 0.555. The highest BCUT2D eigenvalue weighted by molar-refractivity contribution is 6.49. The number of rotatable bonds is 2. The monoisotopic (exact) mass is 349 g/mol. The minimum absolute atomic E-state index is 0.223. The number of nitrogens with zero attached hydrogens (tertiary/aromatic N) is 1. The number of hydrogen-bond donors (Lipinski definition) is 0. The fraction of sp³-hybridized carbons (Fsp3) is 0.0769. The van der Waals surface area contributed by atoms with Crippen LogP contribution in [0.1, 0.15) is 10.4 Å². The molecular weight excluding hydrogens is 344 g/mol. The van der Waals surface area contributed by atoms with Gasteiger partial charge < -0.3 is 4.74 Å². The third-order valence-electron chi connectivity index (χ3n) is 2.55. The van der Waals surface area contributed by atoms with Gasteiger partial charge in [-0.1, -0.05) is 46.4 Å². The molecule has 1 aromatic carbocycles. The summed E-state index contributed by atoms with van der Waals surface area (Å²) in [6.07, 6.45) is 1.35. The second kappa shape index (κ2) is 6.19. The van der Waals surface area contributed by atoms with Crippen LogP contribution in [0, 0.1) is 0 Å². The molecule has 0 saturated carbocycles. The summed E-state index contributed by atoms with van der Waals surface area (Å²) < 4.78 is 4.59. The van der Waals surface area contributed by atoms with Gasteiger partial charge in [0.1, 0.15) is 0 Å². The molecule has 0 aliphatic carbocycles. The highest BCUT2D eigenvalue weighted by Gasteiger charge is 2.16. The lowest BCUT2D eigenvalue weighted by atomic mass is 10.1. The van der Waals surface area contributed by atoms with Crippen molar-refractivity contribution in [2.75, 3.05) is 7.11 Å². The van der Waals surface area contributed by atoms with E-state index in [0.29, 0.717) is 16.3 Å². The summed E-state index contributed by atoms with van der Waals surface area (Å²) in [5.74, 6) is -0.522. The van der Waals surface area contributed by atoms with E-state index in [1.165, 1.54) is 19.4 Å². The van der Waals surface area contributed by atoms with E-state index in [0.717, 1.165) is 0 Å². The SMILES string of the molecule is COC(=O)c1cnc(-c2ccc(Cl)c(Cl)c2Cl)c(Cl)c1. The topological polar surface area (TPSA) is 39.2 Å². The zero-order valence-electron chi connectivity index (χ0n) is 10.1. The van der Waals surface area contributed by atoms with E-state index in [4.69, 9.17) is 46.4 Å². The Hall–Kier alpha value is -1.000.